The van der Waals surface area contributed by atoms with Crippen molar-refractivity contribution in [3.05, 3.63) is 53.4 Å². The minimum Gasteiger partial charge on any atom is -0.488 e. The molecule has 0 aliphatic heterocycles. The van der Waals surface area contributed by atoms with Crippen molar-refractivity contribution < 1.29 is 19.1 Å². The molecule has 2 heterocycles. The monoisotopic (exact) mass is 397 g/mol. The van der Waals surface area contributed by atoms with E-state index >= 15 is 0 Å². The van der Waals surface area contributed by atoms with E-state index in [-0.39, 0.29) is 6.42 Å². The van der Waals surface area contributed by atoms with Gasteiger partial charge in [-0.1, -0.05) is 18.9 Å². The molecule has 5 nitrogen and oxygen atoms in total. The first-order valence-corrected chi connectivity index (χ1v) is 10.4. The molecular weight excluding hydrogens is 374 g/mol. The molecule has 1 aliphatic rings. The van der Waals surface area contributed by atoms with Crippen LogP contribution in [0.15, 0.2) is 46.2 Å². The number of benzene rings is 1. The number of aromatic nitrogens is 1. The quantitative estimate of drug-likeness (QED) is 0.577. The average Bonchev–Trinajstić information content (AvgIpc) is 3.32. The summed E-state index contributed by atoms with van der Waals surface area (Å²) in [5, 5.41) is 11.6. The number of rotatable bonds is 7. The van der Waals surface area contributed by atoms with E-state index in [1.807, 2.05) is 43.1 Å². The molecule has 0 amide bonds. The van der Waals surface area contributed by atoms with Gasteiger partial charge in [-0.2, -0.15) is 0 Å². The first-order valence-electron chi connectivity index (χ1n) is 9.56. The van der Waals surface area contributed by atoms with E-state index in [0.717, 1.165) is 27.3 Å². The molecule has 6 heteroatoms. The molecule has 0 saturated heterocycles. The van der Waals surface area contributed by atoms with Gasteiger partial charge in [-0.25, -0.2) is 4.98 Å². The Labute approximate surface area is 168 Å². The van der Waals surface area contributed by atoms with Crippen LogP contribution in [0.1, 0.15) is 42.4 Å². The average molecular weight is 397 g/mol. The zero-order valence-electron chi connectivity index (χ0n) is 15.8. The molecule has 3 aromatic rings. The summed E-state index contributed by atoms with van der Waals surface area (Å²) in [6, 6.07) is 7.77. The van der Waals surface area contributed by atoms with Gasteiger partial charge in [-0.05, 0) is 38.0 Å². The summed E-state index contributed by atoms with van der Waals surface area (Å²) in [5.41, 5.74) is 3.33. The lowest BCUT2D eigenvalue weighted by molar-refractivity contribution is -0.136. The maximum atomic E-state index is 11.0. The van der Waals surface area contributed by atoms with Crippen molar-refractivity contribution >= 4 is 28.7 Å². The molecule has 1 saturated carbocycles. The molecule has 1 aliphatic carbocycles. The van der Waals surface area contributed by atoms with Crippen LogP contribution in [0.5, 0.6) is 5.75 Å². The number of nitrogens with zero attached hydrogens (tertiary/aromatic N) is 1. The van der Waals surface area contributed by atoms with E-state index in [0.29, 0.717) is 23.0 Å². The molecule has 0 bridgehead atoms. The van der Waals surface area contributed by atoms with Crippen LogP contribution in [0.25, 0.3) is 11.0 Å². The third-order valence-corrected chi connectivity index (χ3v) is 6.57. The highest BCUT2D eigenvalue weighted by molar-refractivity contribution is 7.99. The normalized spacial score (nSPS) is 14.6. The smallest absolute Gasteiger partial charge is 0.307 e. The van der Waals surface area contributed by atoms with Gasteiger partial charge in [0.25, 0.3) is 0 Å². The van der Waals surface area contributed by atoms with Gasteiger partial charge in [-0.15, -0.1) is 11.8 Å². The van der Waals surface area contributed by atoms with Crippen LogP contribution < -0.4 is 4.74 Å². The second kappa shape index (κ2) is 8.27. The summed E-state index contributed by atoms with van der Waals surface area (Å²) in [5.74, 6) is -0.131. The molecule has 4 rings (SSSR count). The van der Waals surface area contributed by atoms with E-state index in [9.17, 15) is 4.79 Å². The number of carbonyl (C=O) groups is 1. The molecule has 0 spiro atoms. The zero-order chi connectivity index (χ0) is 19.5. The predicted molar refractivity (Wildman–Crippen MR) is 109 cm³/mol. The standard InChI is InChI=1S/C22H23NO4S/c1-14-19(9-8-18-16(11-20(24)25)13-27-21(14)18)26-12-15-5-4-10-23-22(15)28-17-6-2-3-7-17/h4-5,8-10,13,17H,2-3,6-7,11-12H2,1H3,(H,24,25). The Balaban J connectivity index is 1.51. The van der Waals surface area contributed by atoms with Crippen molar-refractivity contribution in [1.29, 1.82) is 0 Å². The zero-order valence-corrected chi connectivity index (χ0v) is 16.6. The first-order chi connectivity index (χ1) is 13.6. The van der Waals surface area contributed by atoms with Crippen molar-refractivity contribution in [1.82, 2.24) is 4.98 Å². The number of ether oxygens (including phenoxy) is 1. The SMILES string of the molecule is Cc1c(OCc2cccnc2SC2CCCC2)ccc2c(CC(=O)O)coc12. The Morgan fingerprint density at radius 2 is 2.11 bits per heavy atom. The molecule has 1 aromatic carbocycles. The maximum Gasteiger partial charge on any atom is 0.307 e. The molecule has 28 heavy (non-hydrogen) atoms. The van der Waals surface area contributed by atoms with Crippen molar-refractivity contribution in [2.75, 3.05) is 0 Å². The molecule has 146 valence electrons. The van der Waals surface area contributed by atoms with E-state index < -0.39 is 5.97 Å². The summed E-state index contributed by atoms with van der Waals surface area (Å²) in [7, 11) is 0. The third kappa shape index (κ3) is 4.02. The molecule has 0 unspecified atom stereocenters. The third-order valence-electron chi connectivity index (χ3n) is 5.18. The van der Waals surface area contributed by atoms with Crippen LogP contribution in [0.2, 0.25) is 0 Å². The largest absolute Gasteiger partial charge is 0.488 e. The summed E-state index contributed by atoms with van der Waals surface area (Å²) in [6.45, 7) is 2.38. The highest BCUT2D eigenvalue weighted by atomic mass is 32.2. The predicted octanol–water partition coefficient (Wildman–Crippen LogP) is 5.38. The van der Waals surface area contributed by atoms with Gasteiger partial charge in [-0.3, -0.25) is 4.79 Å². The first kappa shape index (κ1) is 18.9. The minimum absolute atomic E-state index is 0.0515. The number of hydrogen-bond donors (Lipinski definition) is 1. The lowest BCUT2D eigenvalue weighted by Crippen LogP contribution is -2.03. The van der Waals surface area contributed by atoms with Gasteiger partial charge in [0.1, 0.15) is 23.0 Å². The van der Waals surface area contributed by atoms with E-state index in [1.165, 1.54) is 31.9 Å². The van der Waals surface area contributed by atoms with Gasteiger partial charge in [0.15, 0.2) is 0 Å². The Kier molecular flexibility index (Phi) is 5.57. The maximum absolute atomic E-state index is 11.0. The van der Waals surface area contributed by atoms with Crippen LogP contribution in [0.3, 0.4) is 0 Å². The number of thioether (sulfide) groups is 1. The van der Waals surface area contributed by atoms with Crippen LogP contribution in [0, 0.1) is 6.92 Å². The lowest BCUT2D eigenvalue weighted by Gasteiger charge is -2.14. The van der Waals surface area contributed by atoms with Crippen molar-refractivity contribution in [3.8, 4) is 5.75 Å². The summed E-state index contributed by atoms with van der Waals surface area (Å²) < 4.78 is 11.7. The molecule has 2 aromatic heterocycles. The lowest BCUT2D eigenvalue weighted by atomic mass is 10.1. The fourth-order valence-corrected chi connectivity index (χ4v) is 4.97. The van der Waals surface area contributed by atoms with Gasteiger partial charge < -0.3 is 14.3 Å². The van der Waals surface area contributed by atoms with Gasteiger partial charge in [0, 0.05) is 33.5 Å². The fourth-order valence-electron chi connectivity index (χ4n) is 3.69. The van der Waals surface area contributed by atoms with Gasteiger partial charge >= 0.3 is 5.97 Å². The molecule has 1 fully saturated rings. The van der Waals surface area contributed by atoms with Crippen molar-refractivity contribution in [2.45, 2.75) is 55.9 Å². The summed E-state index contributed by atoms with van der Waals surface area (Å²) in [6.07, 6.45) is 8.44. The highest BCUT2D eigenvalue weighted by Crippen LogP contribution is 2.36. The molecule has 1 N–H and O–H groups in total. The Hall–Kier alpha value is -2.47. The second-order valence-corrected chi connectivity index (χ2v) is 8.47. The summed E-state index contributed by atoms with van der Waals surface area (Å²) in [4.78, 5) is 15.6. The van der Waals surface area contributed by atoms with Crippen LogP contribution >= 0.6 is 11.8 Å². The highest BCUT2D eigenvalue weighted by Gasteiger charge is 2.19. The van der Waals surface area contributed by atoms with E-state index in [1.54, 1.807) is 0 Å². The molecule has 0 atom stereocenters. The van der Waals surface area contributed by atoms with Crippen LogP contribution in [0.4, 0.5) is 0 Å². The number of furan rings is 1. The number of carboxylic acid groups (broad SMARTS) is 1. The number of aliphatic carboxylic acids is 1. The second-order valence-electron chi connectivity index (χ2n) is 7.18. The Bertz CT molecular complexity index is 991. The van der Waals surface area contributed by atoms with Gasteiger partial charge in [0.05, 0.1) is 12.7 Å². The van der Waals surface area contributed by atoms with Crippen LogP contribution in [-0.2, 0) is 17.8 Å². The van der Waals surface area contributed by atoms with E-state index in [2.05, 4.69) is 11.1 Å². The summed E-state index contributed by atoms with van der Waals surface area (Å²) >= 11 is 1.86. The van der Waals surface area contributed by atoms with E-state index in [4.69, 9.17) is 14.3 Å². The number of hydrogen-bond acceptors (Lipinski definition) is 5. The number of carboxylic acids is 1. The number of aryl methyl sites for hydroxylation is 1. The molecular formula is C22H23NO4S. The Morgan fingerprint density at radius 1 is 1.29 bits per heavy atom. The fraction of sp³-hybridized carbons (Fsp3) is 0.364. The number of fused-ring (bicyclic) bond motifs is 1. The van der Waals surface area contributed by atoms with Crippen LogP contribution in [-0.4, -0.2) is 21.3 Å². The Morgan fingerprint density at radius 3 is 2.89 bits per heavy atom. The topological polar surface area (TPSA) is 72.6 Å². The number of pyridine rings is 1. The van der Waals surface area contributed by atoms with Gasteiger partial charge in [0.2, 0.25) is 0 Å². The van der Waals surface area contributed by atoms with Crippen molar-refractivity contribution in [3.63, 3.8) is 0 Å². The molecule has 0 radical (unpaired) electrons. The van der Waals surface area contributed by atoms with Crippen molar-refractivity contribution in [2.24, 2.45) is 0 Å². The minimum atomic E-state index is -0.871.